The van der Waals surface area contributed by atoms with Crippen molar-refractivity contribution in [1.82, 2.24) is 10.3 Å². The fraction of sp³-hybridized carbons (Fsp3) is 0.353. The van der Waals surface area contributed by atoms with Crippen LogP contribution in [0.15, 0.2) is 40.1 Å². The number of nitrogens with one attached hydrogen (secondary N) is 1. The normalized spacial score (nSPS) is 16.2. The van der Waals surface area contributed by atoms with Crippen molar-refractivity contribution in [1.29, 1.82) is 5.26 Å². The van der Waals surface area contributed by atoms with E-state index < -0.39 is 5.54 Å². The molecule has 7 heteroatoms. The van der Waals surface area contributed by atoms with Crippen LogP contribution in [0.1, 0.15) is 19.8 Å². The maximum absolute atomic E-state index is 12.1. The molecule has 1 fully saturated rings. The first-order chi connectivity index (χ1) is 11.5. The van der Waals surface area contributed by atoms with Crippen LogP contribution in [0.2, 0.25) is 5.02 Å². The molecular weight excluding hydrogens is 346 g/mol. The second-order valence-corrected chi connectivity index (χ2v) is 7.29. The molecule has 5 nitrogen and oxygen atoms in total. The quantitative estimate of drug-likeness (QED) is 0.789. The molecule has 2 aromatic rings. The van der Waals surface area contributed by atoms with Gasteiger partial charge in [0, 0.05) is 10.6 Å². The van der Waals surface area contributed by atoms with Crippen molar-refractivity contribution < 1.29 is 9.21 Å². The Morgan fingerprint density at radius 3 is 2.83 bits per heavy atom. The lowest BCUT2D eigenvalue weighted by molar-refractivity contribution is -0.119. The van der Waals surface area contributed by atoms with E-state index >= 15 is 0 Å². The minimum Gasteiger partial charge on any atom is -0.431 e. The van der Waals surface area contributed by atoms with Crippen LogP contribution in [0.3, 0.4) is 0 Å². The maximum Gasteiger partial charge on any atom is 0.256 e. The Bertz CT molecular complexity index is 780. The molecule has 1 aromatic heterocycles. The molecule has 1 saturated carbocycles. The lowest BCUT2D eigenvalue weighted by atomic mass is 9.98. The number of thioether (sulfide) groups is 1. The van der Waals surface area contributed by atoms with E-state index in [1.54, 1.807) is 25.3 Å². The summed E-state index contributed by atoms with van der Waals surface area (Å²) in [7, 11) is 0. The van der Waals surface area contributed by atoms with Crippen LogP contribution < -0.4 is 5.32 Å². The van der Waals surface area contributed by atoms with E-state index in [2.05, 4.69) is 16.4 Å². The van der Waals surface area contributed by atoms with Gasteiger partial charge in [-0.25, -0.2) is 4.98 Å². The highest BCUT2D eigenvalue weighted by atomic mass is 35.5. The van der Waals surface area contributed by atoms with Crippen molar-refractivity contribution in [2.75, 3.05) is 5.75 Å². The average Bonchev–Trinajstić information content (AvgIpc) is 3.33. The number of nitriles is 1. The Hall–Kier alpha value is -1.97. The monoisotopic (exact) mass is 361 g/mol. The molecule has 1 aliphatic rings. The summed E-state index contributed by atoms with van der Waals surface area (Å²) in [4.78, 5) is 16.2. The van der Waals surface area contributed by atoms with E-state index in [9.17, 15) is 10.1 Å². The number of aromatic nitrogens is 1. The molecule has 0 spiro atoms. The molecule has 124 valence electrons. The highest BCUT2D eigenvalue weighted by molar-refractivity contribution is 7.99. The number of halogens is 1. The Labute approximate surface area is 149 Å². The summed E-state index contributed by atoms with van der Waals surface area (Å²) in [5.41, 5.74) is 0.0943. The van der Waals surface area contributed by atoms with E-state index in [-0.39, 0.29) is 17.6 Å². The highest BCUT2D eigenvalue weighted by Gasteiger charge is 2.42. The summed E-state index contributed by atoms with van der Waals surface area (Å²) in [6.07, 6.45) is 3.59. The third-order valence-electron chi connectivity index (χ3n) is 3.97. The van der Waals surface area contributed by atoms with E-state index in [1.165, 1.54) is 11.8 Å². The van der Waals surface area contributed by atoms with Crippen molar-refractivity contribution in [3.63, 3.8) is 0 Å². The molecule has 0 saturated heterocycles. The third kappa shape index (κ3) is 3.92. The average molecular weight is 362 g/mol. The number of benzene rings is 1. The number of nitrogens with zero attached hydrogens (tertiary/aromatic N) is 2. The number of carbonyl (C=O) groups excluding carboxylic acids is 1. The Kier molecular flexibility index (Phi) is 4.83. The molecule has 0 aliphatic heterocycles. The lowest BCUT2D eigenvalue weighted by Crippen LogP contribution is -2.47. The van der Waals surface area contributed by atoms with Gasteiger partial charge in [-0.05, 0) is 49.9 Å². The lowest BCUT2D eigenvalue weighted by Gasteiger charge is -2.22. The van der Waals surface area contributed by atoms with Gasteiger partial charge in [-0.3, -0.25) is 4.79 Å². The molecular formula is C17H16ClN3O2S. The van der Waals surface area contributed by atoms with Gasteiger partial charge in [0.15, 0.2) is 5.76 Å². The van der Waals surface area contributed by atoms with Gasteiger partial charge in [-0.1, -0.05) is 23.4 Å². The Morgan fingerprint density at radius 1 is 1.50 bits per heavy atom. The largest absolute Gasteiger partial charge is 0.431 e. The molecule has 0 radical (unpaired) electrons. The van der Waals surface area contributed by atoms with E-state index in [0.29, 0.717) is 16.0 Å². The summed E-state index contributed by atoms with van der Waals surface area (Å²) >= 11 is 7.07. The summed E-state index contributed by atoms with van der Waals surface area (Å²) in [6, 6.07) is 9.46. The van der Waals surface area contributed by atoms with Gasteiger partial charge >= 0.3 is 0 Å². The molecule has 1 heterocycles. The van der Waals surface area contributed by atoms with E-state index in [4.69, 9.17) is 16.0 Å². The van der Waals surface area contributed by atoms with Crippen molar-refractivity contribution in [3.8, 4) is 17.4 Å². The molecule has 3 rings (SSSR count). The first kappa shape index (κ1) is 16.9. The van der Waals surface area contributed by atoms with Crippen molar-refractivity contribution in [2.45, 2.75) is 30.5 Å². The summed E-state index contributed by atoms with van der Waals surface area (Å²) in [5, 5.41) is 13.2. The number of hydrogen-bond acceptors (Lipinski definition) is 5. The summed E-state index contributed by atoms with van der Waals surface area (Å²) in [5.74, 6) is 0.844. The van der Waals surface area contributed by atoms with Gasteiger partial charge < -0.3 is 9.73 Å². The standard InChI is InChI=1S/C17H16ClN3O2S/c1-17(10-19,12-4-5-12)21-15(22)9-24-16-20-8-14(23-16)11-2-6-13(18)7-3-11/h2-3,6-8,12H,4-5,9H2,1H3,(H,21,22)/t17-/m0/s1. The minimum atomic E-state index is -0.775. The number of hydrogen-bond donors (Lipinski definition) is 1. The fourth-order valence-corrected chi connectivity index (χ4v) is 3.14. The summed E-state index contributed by atoms with van der Waals surface area (Å²) < 4.78 is 5.64. The van der Waals surface area contributed by atoms with Crippen LogP contribution in [0.25, 0.3) is 11.3 Å². The van der Waals surface area contributed by atoms with Crippen molar-refractivity contribution in [3.05, 3.63) is 35.5 Å². The zero-order valence-electron chi connectivity index (χ0n) is 13.1. The second-order valence-electron chi connectivity index (χ2n) is 5.92. The van der Waals surface area contributed by atoms with Gasteiger partial charge in [-0.15, -0.1) is 0 Å². The van der Waals surface area contributed by atoms with Gasteiger partial charge in [-0.2, -0.15) is 5.26 Å². The Balaban J connectivity index is 1.56. The first-order valence-corrected chi connectivity index (χ1v) is 8.93. The smallest absolute Gasteiger partial charge is 0.256 e. The molecule has 1 amide bonds. The van der Waals surface area contributed by atoms with Crippen LogP contribution in [-0.4, -0.2) is 22.2 Å². The predicted molar refractivity (Wildman–Crippen MR) is 92.6 cm³/mol. The van der Waals surface area contributed by atoms with Gasteiger partial charge in [0.25, 0.3) is 5.22 Å². The van der Waals surface area contributed by atoms with Crippen LogP contribution >= 0.6 is 23.4 Å². The molecule has 0 bridgehead atoms. The van der Waals surface area contributed by atoms with Crippen LogP contribution in [0.5, 0.6) is 0 Å². The molecule has 24 heavy (non-hydrogen) atoms. The molecule has 1 aromatic carbocycles. The van der Waals surface area contributed by atoms with Gasteiger partial charge in [0.2, 0.25) is 5.91 Å². The summed E-state index contributed by atoms with van der Waals surface area (Å²) in [6.45, 7) is 1.77. The van der Waals surface area contributed by atoms with Crippen LogP contribution in [0.4, 0.5) is 0 Å². The number of amides is 1. The number of carbonyl (C=O) groups is 1. The Morgan fingerprint density at radius 2 is 2.21 bits per heavy atom. The van der Waals surface area contributed by atoms with Crippen LogP contribution in [0, 0.1) is 17.2 Å². The zero-order chi connectivity index (χ0) is 17.2. The first-order valence-electron chi connectivity index (χ1n) is 7.57. The fourth-order valence-electron chi connectivity index (χ4n) is 2.41. The maximum atomic E-state index is 12.1. The molecule has 1 aliphatic carbocycles. The van der Waals surface area contributed by atoms with E-state index in [1.807, 2.05) is 12.1 Å². The van der Waals surface area contributed by atoms with Crippen molar-refractivity contribution >= 4 is 29.3 Å². The SMILES string of the molecule is C[C@@](C#N)(NC(=O)CSc1ncc(-c2ccc(Cl)cc2)o1)C1CC1. The van der Waals surface area contributed by atoms with Gasteiger partial charge in [0.1, 0.15) is 5.54 Å². The topological polar surface area (TPSA) is 78.9 Å². The minimum absolute atomic E-state index is 0.157. The highest BCUT2D eigenvalue weighted by Crippen LogP contribution is 2.39. The van der Waals surface area contributed by atoms with Crippen LogP contribution in [-0.2, 0) is 4.79 Å². The van der Waals surface area contributed by atoms with Gasteiger partial charge in [0.05, 0.1) is 18.0 Å². The van der Waals surface area contributed by atoms with E-state index in [0.717, 1.165) is 18.4 Å². The third-order valence-corrected chi connectivity index (χ3v) is 5.06. The zero-order valence-corrected chi connectivity index (χ0v) is 14.7. The van der Waals surface area contributed by atoms with Crippen molar-refractivity contribution in [2.24, 2.45) is 5.92 Å². The molecule has 1 atom stereocenters. The predicted octanol–water partition coefficient (Wildman–Crippen LogP) is 3.90. The second kappa shape index (κ2) is 6.88. The molecule has 1 N–H and O–H groups in total. The number of rotatable bonds is 6. The number of oxazole rings is 1. The molecule has 0 unspecified atom stereocenters.